The van der Waals surface area contributed by atoms with E-state index in [0.29, 0.717) is 22.5 Å². The lowest BCUT2D eigenvalue weighted by atomic mass is 9.95. The molecule has 1 fully saturated rings. The molecule has 0 aliphatic carbocycles. The fourth-order valence-electron chi connectivity index (χ4n) is 3.54. The van der Waals surface area contributed by atoms with Gasteiger partial charge in [-0.15, -0.1) is 5.10 Å². The number of carbonyl (C=O) groups is 1. The van der Waals surface area contributed by atoms with Crippen LogP contribution in [0.4, 0.5) is 5.69 Å². The number of amides is 1. The minimum Gasteiger partial charge on any atom is -0.427 e. The van der Waals surface area contributed by atoms with Crippen molar-refractivity contribution in [1.29, 1.82) is 0 Å². The predicted molar refractivity (Wildman–Crippen MR) is 101 cm³/mol. The highest BCUT2D eigenvalue weighted by molar-refractivity contribution is 6.08. The van der Waals surface area contributed by atoms with Crippen molar-refractivity contribution < 1.29 is 9.21 Å². The van der Waals surface area contributed by atoms with Gasteiger partial charge in [0.25, 0.3) is 5.91 Å². The Morgan fingerprint density at radius 2 is 2.26 bits per heavy atom. The van der Waals surface area contributed by atoms with Gasteiger partial charge in [0.1, 0.15) is 16.8 Å². The number of anilines is 1. The van der Waals surface area contributed by atoms with Crippen molar-refractivity contribution in [2.45, 2.75) is 25.7 Å². The molecular weight excluding hydrogens is 346 g/mol. The lowest BCUT2D eigenvalue weighted by molar-refractivity contribution is 0.102. The Morgan fingerprint density at radius 1 is 1.41 bits per heavy atom. The molecule has 2 N–H and O–H groups in total. The summed E-state index contributed by atoms with van der Waals surface area (Å²) < 4.78 is 7.11. The quantitative estimate of drug-likeness (QED) is 0.734. The number of aromatic nitrogens is 3. The van der Waals surface area contributed by atoms with E-state index in [9.17, 15) is 9.59 Å². The molecule has 1 atom stereocenters. The van der Waals surface area contributed by atoms with Crippen LogP contribution in [0.5, 0.6) is 0 Å². The number of hydrogen-bond acceptors (Lipinski definition) is 6. The van der Waals surface area contributed by atoms with Gasteiger partial charge in [-0.05, 0) is 50.1 Å². The topological polar surface area (TPSA) is 102 Å². The van der Waals surface area contributed by atoms with Gasteiger partial charge in [0.2, 0.25) is 0 Å². The average Bonchev–Trinajstić information content (AvgIpc) is 3.04. The summed E-state index contributed by atoms with van der Waals surface area (Å²) in [7, 11) is 1.78. The zero-order valence-electron chi connectivity index (χ0n) is 15.3. The van der Waals surface area contributed by atoms with Crippen LogP contribution < -0.4 is 16.3 Å². The minimum atomic E-state index is -0.612. The van der Waals surface area contributed by atoms with Crippen molar-refractivity contribution in [2.75, 3.05) is 18.4 Å². The maximum Gasteiger partial charge on any atom is 0.349 e. The van der Waals surface area contributed by atoms with Crippen molar-refractivity contribution in [1.82, 2.24) is 20.3 Å². The van der Waals surface area contributed by atoms with Gasteiger partial charge in [0.15, 0.2) is 0 Å². The summed E-state index contributed by atoms with van der Waals surface area (Å²) in [5, 5.41) is 14.1. The number of benzene rings is 1. The number of nitrogens with one attached hydrogen (secondary N) is 2. The van der Waals surface area contributed by atoms with Crippen molar-refractivity contribution >= 4 is 22.6 Å². The van der Waals surface area contributed by atoms with E-state index in [1.54, 1.807) is 36.9 Å². The van der Waals surface area contributed by atoms with Crippen LogP contribution >= 0.6 is 0 Å². The third-order valence-electron chi connectivity index (χ3n) is 4.98. The van der Waals surface area contributed by atoms with Gasteiger partial charge in [-0.3, -0.25) is 4.79 Å². The second-order valence-corrected chi connectivity index (χ2v) is 6.88. The van der Waals surface area contributed by atoms with E-state index in [1.807, 2.05) is 6.07 Å². The summed E-state index contributed by atoms with van der Waals surface area (Å²) >= 11 is 0. The van der Waals surface area contributed by atoms with Crippen molar-refractivity contribution in [3.8, 4) is 0 Å². The molecule has 1 saturated heterocycles. The van der Waals surface area contributed by atoms with Crippen LogP contribution in [0.3, 0.4) is 0 Å². The Hall–Kier alpha value is -3.00. The van der Waals surface area contributed by atoms with E-state index >= 15 is 0 Å². The zero-order chi connectivity index (χ0) is 19.0. The highest BCUT2D eigenvalue weighted by Crippen LogP contribution is 2.25. The number of carbonyl (C=O) groups excluding carboxylic acids is 1. The predicted octanol–water partition coefficient (Wildman–Crippen LogP) is 1.95. The molecule has 140 valence electrons. The molecule has 0 spiro atoms. The molecule has 1 aliphatic heterocycles. The molecule has 8 nitrogen and oxygen atoms in total. The Labute approximate surface area is 155 Å². The van der Waals surface area contributed by atoms with Gasteiger partial charge in [-0.2, -0.15) is 0 Å². The molecule has 8 heteroatoms. The van der Waals surface area contributed by atoms with E-state index in [2.05, 4.69) is 20.9 Å². The minimum absolute atomic E-state index is 0.0170. The monoisotopic (exact) mass is 367 g/mol. The SMILES string of the molecule is Cc1cc(C2CCCNC2)oc(=O)c1C(=O)Nc1cccc2c1nnn2C. The molecule has 2 aromatic heterocycles. The smallest absolute Gasteiger partial charge is 0.349 e. The highest BCUT2D eigenvalue weighted by Gasteiger charge is 2.23. The first-order valence-electron chi connectivity index (χ1n) is 8.99. The van der Waals surface area contributed by atoms with Crippen LogP contribution in [0.2, 0.25) is 0 Å². The standard InChI is InChI=1S/C19H21N5O3/c1-11-9-15(12-5-4-8-20-10-12)27-19(26)16(11)18(25)21-13-6-3-7-14-17(13)22-23-24(14)2/h3,6-7,9,12,20H,4-5,8,10H2,1-2H3,(H,21,25). The molecule has 1 unspecified atom stereocenters. The van der Waals surface area contributed by atoms with E-state index in [0.717, 1.165) is 31.4 Å². The maximum absolute atomic E-state index is 12.8. The van der Waals surface area contributed by atoms with Gasteiger partial charge in [0, 0.05) is 19.5 Å². The van der Waals surface area contributed by atoms with Gasteiger partial charge >= 0.3 is 5.63 Å². The summed E-state index contributed by atoms with van der Waals surface area (Å²) in [6.07, 6.45) is 2.01. The number of aryl methyl sites for hydroxylation is 2. The fourth-order valence-corrected chi connectivity index (χ4v) is 3.54. The maximum atomic E-state index is 12.8. The average molecular weight is 367 g/mol. The van der Waals surface area contributed by atoms with Crippen molar-refractivity contribution in [3.05, 3.63) is 51.6 Å². The van der Waals surface area contributed by atoms with Crippen molar-refractivity contribution in [3.63, 3.8) is 0 Å². The van der Waals surface area contributed by atoms with Gasteiger partial charge in [-0.25, -0.2) is 9.48 Å². The second kappa shape index (κ2) is 6.96. The number of hydrogen-bond donors (Lipinski definition) is 2. The van der Waals surface area contributed by atoms with Crippen molar-refractivity contribution in [2.24, 2.45) is 7.05 Å². The lowest BCUT2D eigenvalue weighted by Gasteiger charge is -2.22. The van der Waals surface area contributed by atoms with Crippen LogP contribution in [-0.2, 0) is 7.05 Å². The molecule has 1 amide bonds. The molecule has 27 heavy (non-hydrogen) atoms. The first-order valence-corrected chi connectivity index (χ1v) is 8.99. The van der Waals surface area contributed by atoms with Gasteiger partial charge < -0.3 is 15.1 Å². The van der Waals surface area contributed by atoms with Crippen LogP contribution in [0.1, 0.15) is 40.4 Å². The Balaban J connectivity index is 1.64. The Morgan fingerprint density at radius 3 is 3.00 bits per heavy atom. The first-order chi connectivity index (χ1) is 13.0. The van der Waals surface area contributed by atoms with E-state index in [1.165, 1.54) is 0 Å². The third-order valence-corrected chi connectivity index (χ3v) is 4.98. The second-order valence-electron chi connectivity index (χ2n) is 6.88. The largest absolute Gasteiger partial charge is 0.427 e. The van der Waals surface area contributed by atoms with E-state index in [-0.39, 0.29) is 11.5 Å². The van der Waals surface area contributed by atoms with Crippen LogP contribution in [0.15, 0.2) is 33.5 Å². The molecule has 1 aromatic carbocycles. The van der Waals surface area contributed by atoms with Crippen LogP contribution in [0.25, 0.3) is 11.0 Å². The normalized spacial score (nSPS) is 17.2. The highest BCUT2D eigenvalue weighted by atomic mass is 16.4. The number of nitrogens with zero attached hydrogens (tertiary/aromatic N) is 3. The summed E-state index contributed by atoms with van der Waals surface area (Å²) in [5.41, 5.74) is 1.88. The summed E-state index contributed by atoms with van der Waals surface area (Å²) in [4.78, 5) is 25.3. The summed E-state index contributed by atoms with van der Waals surface area (Å²) in [6.45, 7) is 3.52. The number of rotatable bonds is 3. The third kappa shape index (κ3) is 3.23. The molecule has 3 heterocycles. The fraction of sp³-hybridized carbons (Fsp3) is 0.368. The number of fused-ring (bicyclic) bond motifs is 1. The molecule has 0 bridgehead atoms. The first kappa shape index (κ1) is 17.4. The molecule has 0 saturated carbocycles. The molecule has 0 radical (unpaired) electrons. The van der Waals surface area contributed by atoms with Crippen LogP contribution in [0, 0.1) is 6.92 Å². The number of piperidine rings is 1. The van der Waals surface area contributed by atoms with E-state index in [4.69, 9.17) is 4.42 Å². The molecular formula is C19H21N5O3. The van der Waals surface area contributed by atoms with Crippen LogP contribution in [-0.4, -0.2) is 34.0 Å². The van der Waals surface area contributed by atoms with Gasteiger partial charge in [0.05, 0.1) is 11.2 Å². The Kier molecular flexibility index (Phi) is 4.49. The molecule has 1 aliphatic rings. The summed E-state index contributed by atoms with van der Waals surface area (Å²) in [6, 6.07) is 7.19. The zero-order valence-corrected chi connectivity index (χ0v) is 15.3. The Bertz CT molecular complexity index is 1060. The van der Waals surface area contributed by atoms with Gasteiger partial charge in [-0.1, -0.05) is 11.3 Å². The summed E-state index contributed by atoms with van der Waals surface area (Å²) in [5.74, 6) is 0.292. The van der Waals surface area contributed by atoms with E-state index < -0.39 is 11.5 Å². The lowest BCUT2D eigenvalue weighted by Crippen LogP contribution is -2.30. The molecule has 3 aromatic rings. The molecule has 4 rings (SSSR count).